The van der Waals surface area contributed by atoms with Crippen molar-refractivity contribution in [1.82, 2.24) is 20.0 Å². The van der Waals surface area contributed by atoms with Gasteiger partial charge in [-0.1, -0.05) is 35.3 Å². The number of nitrogens with two attached hydrogens (primary N) is 1. The van der Waals surface area contributed by atoms with E-state index in [1.165, 1.54) is 0 Å². The van der Waals surface area contributed by atoms with Crippen LogP contribution < -0.4 is 25.8 Å². The number of nitrogens with zero attached hydrogens (tertiary/aromatic N) is 3. The fourth-order valence-corrected chi connectivity index (χ4v) is 8.26. The summed E-state index contributed by atoms with van der Waals surface area (Å²) in [6, 6.07) is 15.5. The van der Waals surface area contributed by atoms with Crippen LogP contribution in [0.15, 0.2) is 54.6 Å². The molecule has 1 aromatic heterocycles. The fraction of sp³-hybridized carbons (Fsp3) is 0.500. The number of esters is 1. The minimum Gasteiger partial charge on any atom is -0.496 e. The van der Waals surface area contributed by atoms with Gasteiger partial charge in [-0.2, -0.15) is 5.10 Å². The highest BCUT2D eigenvalue weighted by Gasteiger charge is 2.39. The molecule has 1 fully saturated rings. The van der Waals surface area contributed by atoms with Gasteiger partial charge >= 0.3 is 5.97 Å². The number of aromatic nitrogens is 2. The summed E-state index contributed by atoms with van der Waals surface area (Å²) in [6.07, 6.45) is 0.378. The predicted octanol–water partition coefficient (Wildman–Crippen LogP) is 6.63. The monoisotopic (exact) mass is 1010 g/mol. The number of ether oxygens (including phenoxy) is 8. The van der Waals surface area contributed by atoms with Gasteiger partial charge in [-0.3, -0.25) is 19.2 Å². The Morgan fingerprint density at radius 3 is 2.20 bits per heavy atom. The number of hydrogen-bond acceptors (Lipinski definition) is 14. The molecule has 4 aromatic rings. The van der Waals surface area contributed by atoms with Crippen molar-refractivity contribution in [1.29, 1.82) is 0 Å². The first-order chi connectivity index (χ1) is 33.4. The zero-order chi connectivity index (χ0) is 50.4. The normalized spacial score (nSPS) is 14.5. The third kappa shape index (κ3) is 15.1. The number of morpholine rings is 1. The van der Waals surface area contributed by atoms with Crippen molar-refractivity contribution >= 4 is 52.6 Å². The van der Waals surface area contributed by atoms with Crippen LogP contribution in [0.25, 0.3) is 28.1 Å². The van der Waals surface area contributed by atoms with Crippen LogP contribution in [0, 0.1) is 0 Å². The van der Waals surface area contributed by atoms with Gasteiger partial charge in [0.1, 0.15) is 23.7 Å². The Hall–Kier alpha value is -5.31. The van der Waals surface area contributed by atoms with Gasteiger partial charge in [-0.25, -0.2) is 4.68 Å². The number of carbonyl (C=O) groups is 4. The Morgan fingerprint density at radius 2 is 1.54 bits per heavy atom. The van der Waals surface area contributed by atoms with Crippen LogP contribution in [0.4, 0.5) is 5.69 Å². The highest BCUT2D eigenvalue weighted by molar-refractivity contribution is 6.34. The maximum absolute atomic E-state index is 14.3. The smallest absolute Gasteiger partial charge is 0.306 e. The van der Waals surface area contributed by atoms with Gasteiger partial charge in [0, 0.05) is 58.0 Å². The summed E-state index contributed by atoms with van der Waals surface area (Å²) in [5.41, 5.74) is 9.54. The summed E-state index contributed by atoms with van der Waals surface area (Å²) >= 11 is 13.0. The number of hydrogen-bond donors (Lipinski definition) is 3. The number of fused-ring (bicyclic) bond motifs is 3. The van der Waals surface area contributed by atoms with Crippen LogP contribution >= 0.6 is 23.2 Å². The fourth-order valence-electron chi connectivity index (χ4n) is 7.75. The molecular weight excluding hydrogens is 947 g/mol. The van der Waals surface area contributed by atoms with Gasteiger partial charge < -0.3 is 59.2 Å². The Bertz CT molecular complexity index is 2440. The van der Waals surface area contributed by atoms with E-state index in [4.69, 9.17) is 71.9 Å². The van der Waals surface area contributed by atoms with Gasteiger partial charge in [0.2, 0.25) is 11.8 Å². The van der Waals surface area contributed by atoms with Crippen molar-refractivity contribution in [2.24, 2.45) is 5.73 Å². The second-order valence-electron chi connectivity index (χ2n) is 18.2. The minimum atomic E-state index is -0.814. The molecule has 3 heterocycles. The predicted molar refractivity (Wildman–Crippen MR) is 264 cm³/mol. The zero-order valence-electron chi connectivity index (χ0n) is 40.7. The van der Waals surface area contributed by atoms with Gasteiger partial charge in [0.05, 0.1) is 103 Å². The number of anilines is 1. The number of rotatable bonds is 24. The van der Waals surface area contributed by atoms with E-state index in [0.717, 1.165) is 5.56 Å². The zero-order valence-corrected chi connectivity index (χ0v) is 42.2. The quantitative estimate of drug-likeness (QED) is 0.0497. The van der Waals surface area contributed by atoms with Crippen molar-refractivity contribution in [3.05, 3.63) is 75.9 Å². The minimum absolute atomic E-state index is 0.0621. The molecule has 0 spiro atoms. The summed E-state index contributed by atoms with van der Waals surface area (Å²) in [5.74, 6) is -0.143. The first-order valence-electron chi connectivity index (χ1n) is 23.2. The largest absolute Gasteiger partial charge is 0.496 e. The van der Waals surface area contributed by atoms with Crippen molar-refractivity contribution < 1.29 is 57.1 Å². The number of nitrogens with one attached hydrogen (secondary N) is 2. The topological polar surface area (TPSA) is 213 Å². The molecule has 0 radical (unpaired) electrons. The Labute approximate surface area is 418 Å². The average molecular weight is 1010 g/mol. The lowest BCUT2D eigenvalue weighted by Gasteiger charge is -2.41. The maximum atomic E-state index is 14.3. The number of carbonyl (C=O) groups excluding carboxylic acids is 4. The SMILES string of the molecule is COc1cc2c(cc1-c1cccc(NC(=O)CCOCCOCCOCCOCCNC(=O)[C@H](N)CCC(=O)OC(C)(C)C)c1)-c1c(c(C(=O)N3CCOCC3(C)C)nn1-c1cc(Cl)cc(Cl)c1)CO2. The molecule has 20 heteroatoms. The molecule has 0 aliphatic carbocycles. The molecule has 1 saturated heterocycles. The van der Waals surface area contributed by atoms with Crippen LogP contribution in [0.3, 0.4) is 0 Å². The summed E-state index contributed by atoms with van der Waals surface area (Å²) < 4.78 is 47.0. The number of methoxy groups -OCH3 is 1. The molecule has 6 rings (SSSR count). The molecule has 1 atom stereocenters. The highest BCUT2D eigenvalue weighted by atomic mass is 35.5. The number of halogens is 2. The standard InChI is InChI=1S/C50H64Cl2N6O12/c1-49(2,3)70-44(60)11-10-40(53)47(61)54-13-16-65-19-21-67-23-22-66-20-18-64-15-12-43(59)55-35-9-7-8-32(24-35)37-28-38-42(29-41(37)63-6)69-30-39-45(48(62)57-14-17-68-31-50(57,4)5)56-58(46(38)39)36-26-33(51)25-34(52)27-36/h7-9,24-29,40H,10-23,30-31,53H2,1-6H3,(H,54,61)(H,55,59)/t40-/m1/s1. The van der Waals surface area contributed by atoms with Gasteiger partial charge in [0.25, 0.3) is 5.91 Å². The molecule has 0 bridgehead atoms. The van der Waals surface area contributed by atoms with E-state index in [1.54, 1.807) is 61.7 Å². The molecule has 3 amide bonds. The Kier molecular flexibility index (Phi) is 19.4. The molecule has 4 N–H and O–H groups in total. The molecule has 3 aromatic carbocycles. The van der Waals surface area contributed by atoms with E-state index in [1.807, 2.05) is 44.2 Å². The van der Waals surface area contributed by atoms with Crippen molar-refractivity contribution in [3.8, 4) is 39.6 Å². The lowest BCUT2D eigenvalue weighted by Crippen LogP contribution is -2.55. The highest BCUT2D eigenvalue weighted by Crippen LogP contribution is 2.47. The van der Waals surface area contributed by atoms with Gasteiger partial charge in [-0.05, 0) is 83.0 Å². The maximum Gasteiger partial charge on any atom is 0.306 e. The summed E-state index contributed by atoms with van der Waals surface area (Å²) in [6.45, 7) is 13.4. The van der Waals surface area contributed by atoms with E-state index in [-0.39, 0.29) is 69.0 Å². The summed E-state index contributed by atoms with van der Waals surface area (Å²) in [5, 5.41) is 11.4. The van der Waals surface area contributed by atoms with Crippen molar-refractivity contribution in [3.63, 3.8) is 0 Å². The second kappa shape index (κ2) is 25.2. The molecule has 380 valence electrons. The molecular formula is C50H64Cl2N6O12. The van der Waals surface area contributed by atoms with Crippen LogP contribution in [0.5, 0.6) is 11.5 Å². The number of amides is 3. The third-order valence-electron chi connectivity index (χ3n) is 11.1. The Morgan fingerprint density at radius 1 is 0.871 bits per heavy atom. The van der Waals surface area contributed by atoms with Crippen LogP contribution in [0.2, 0.25) is 10.0 Å². The van der Waals surface area contributed by atoms with Gasteiger partial charge in [-0.15, -0.1) is 0 Å². The van der Waals surface area contributed by atoms with E-state index in [0.29, 0.717) is 115 Å². The average Bonchev–Trinajstić information content (AvgIpc) is 3.71. The van der Waals surface area contributed by atoms with Crippen molar-refractivity contribution in [2.45, 2.75) is 77.7 Å². The molecule has 70 heavy (non-hydrogen) atoms. The summed E-state index contributed by atoms with van der Waals surface area (Å²) in [7, 11) is 1.58. The molecule has 2 aliphatic heterocycles. The molecule has 2 aliphatic rings. The molecule has 0 unspecified atom stereocenters. The van der Waals surface area contributed by atoms with Gasteiger partial charge in [0.15, 0.2) is 5.69 Å². The van der Waals surface area contributed by atoms with Crippen LogP contribution in [-0.2, 0) is 49.4 Å². The van der Waals surface area contributed by atoms with E-state index in [9.17, 15) is 19.2 Å². The third-order valence-corrected chi connectivity index (χ3v) is 11.5. The van der Waals surface area contributed by atoms with E-state index < -0.39 is 23.2 Å². The lowest BCUT2D eigenvalue weighted by atomic mass is 9.95. The van der Waals surface area contributed by atoms with Crippen LogP contribution in [-0.4, -0.2) is 142 Å². The first-order valence-corrected chi connectivity index (χ1v) is 24.0. The summed E-state index contributed by atoms with van der Waals surface area (Å²) in [4.78, 5) is 53.1. The van der Waals surface area contributed by atoms with E-state index >= 15 is 0 Å². The molecule has 18 nitrogen and oxygen atoms in total. The van der Waals surface area contributed by atoms with E-state index in [2.05, 4.69) is 10.6 Å². The van der Waals surface area contributed by atoms with Crippen LogP contribution in [0.1, 0.15) is 69.9 Å². The second-order valence-corrected chi connectivity index (χ2v) is 19.1. The number of benzene rings is 3. The van der Waals surface area contributed by atoms with Crippen molar-refractivity contribution in [2.75, 3.05) is 91.6 Å². The lowest BCUT2D eigenvalue weighted by molar-refractivity contribution is -0.155. The first kappa shape index (κ1) is 54.0. The Balaban J connectivity index is 0.948. The molecule has 0 saturated carbocycles.